The molecule has 0 heterocycles. The van der Waals surface area contributed by atoms with Crippen LogP contribution in [-0.2, 0) is 0 Å². The lowest BCUT2D eigenvalue weighted by Crippen LogP contribution is -2.29. The molecular weight excluding hydrogens is 150 g/mol. The average molecular weight is 163 g/mol. The van der Waals surface area contributed by atoms with E-state index in [2.05, 4.69) is 5.16 Å². The molecule has 0 saturated heterocycles. The molecule has 0 saturated carbocycles. The van der Waals surface area contributed by atoms with Crippen LogP contribution < -0.4 is 0 Å². The van der Waals surface area contributed by atoms with Crippen molar-refractivity contribution in [3.8, 4) is 0 Å². The number of aliphatic hydroxyl groups excluding tert-OH is 3. The number of aliphatic hydroxyl groups is 3. The molecule has 4 N–H and O–H groups in total. The van der Waals surface area contributed by atoms with Gasteiger partial charge in [-0.1, -0.05) is 0 Å². The Hall–Kier alpha value is -0.650. The second-order valence-corrected chi connectivity index (χ2v) is 2.19. The molecule has 0 amide bonds. The molecule has 0 rings (SSSR count). The van der Waals surface area contributed by atoms with Gasteiger partial charge in [-0.05, 0) is 12.8 Å². The third-order valence-corrected chi connectivity index (χ3v) is 1.30. The number of oxime groups is 1. The lowest BCUT2D eigenvalue weighted by molar-refractivity contribution is -0.0164. The van der Waals surface area contributed by atoms with Crippen molar-refractivity contribution >= 4 is 6.21 Å². The van der Waals surface area contributed by atoms with Crippen LogP contribution in [-0.4, -0.2) is 45.6 Å². The van der Waals surface area contributed by atoms with Crippen molar-refractivity contribution in [3.05, 3.63) is 0 Å². The maximum atomic E-state index is 8.99. The van der Waals surface area contributed by atoms with E-state index in [9.17, 15) is 0 Å². The summed E-state index contributed by atoms with van der Waals surface area (Å²) in [6.45, 7) is -0.461. The first-order chi connectivity index (χ1) is 5.22. The van der Waals surface area contributed by atoms with Crippen LogP contribution in [0.3, 0.4) is 0 Å². The molecule has 2 atom stereocenters. The topological polar surface area (TPSA) is 93.3 Å². The van der Waals surface area contributed by atoms with E-state index in [1.807, 2.05) is 0 Å². The Balaban J connectivity index is 3.43. The Morgan fingerprint density at radius 1 is 1.27 bits per heavy atom. The van der Waals surface area contributed by atoms with Gasteiger partial charge in [0.15, 0.2) is 0 Å². The van der Waals surface area contributed by atoms with Gasteiger partial charge >= 0.3 is 0 Å². The maximum Gasteiger partial charge on any atom is 0.103 e. The van der Waals surface area contributed by atoms with Crippen LogP contribution in [0.15, 0.2) is 5.16 Å². The highest BCUT2D eigenvalue weighted by atomic mass is 16.4. The first kappa shape index (κ1) is 10.3. The predicted molar refractivity (Wildman–Crippen MR) is 38.6 cm³/mol. The SMILES string of the molecule is OCC(O)C(O)CC/C=N/O. The summed E-state index contributed by atoms with van der Waals surface area (Å²) in [6.07, 6.45) is -0.214. The quantitative estimate of drug-likeness (QED) is 0.236. The summed E-state index contributed by atoms with van der Waals surface area (Å²) in [6, 6.07) is 0. The van der Waals surface area contributed by atoms with Crippen LogP contribution in [0.1, 0.15) is 12.8 Å². The number of rotatable bonds is 5. The van der Waals surface area contributed by atoms with Crippen LogP contribution in [0.4, 0.5) is 0 Å². The van der Waals surface area contributed by atoms with Crippen molar-refractivity contribution in [2.24, 2.45) is 5.16 Å². The van der Waals surface area contributed by atoms with Crippen molar-refractivity contribution in [1.29, 1.82) is 0 Å². The molecule has 11 heavy (non-hydrogen) atoms. The third-order valence-electron chi connectivity index (χ3n) is 1.30. The van der Waals surface area contributed by atoms with Gasteiger partial charge in [0.1, 0.15) is 6.10 Å². The van der Waals surface area contributed by atoms with E-state index in [1.54, 1.807) is 0 Å². The first-order valence-electron chi connectivity index (χ1n) is 3.35. The summed E-state index contributed by atoms with van der Waals surface area (Å²) >= 11 is 0. The van der Waals surface area contributed by atoms with Gasteiger partial charge in [-0.15, -0.1) is 5.16 Å². The Morgan fingerprint density at radius 3 is 2.36 bits per heavy atom. The van der Waals surface area contributed by atoms with E-state index < -0.39 is 18.8 Å². The van der Waals surface area contributed by atoms with Gasteiger partial charge in [-0.3, -0.25) is 0 Å². The summed E-state index contributed by atoms with van der Waals surface area (Å²) in [5.74, 6) is 0. The summed E-state index contributed by atoms with van der Waals surface area (Å²) in [4.78, 5) is 0. The summed E-state index contributed by atoms with van der Waals surface area (Å²) in [5.41, 5.74) is 0. The highest BCUT2D eigenvalue weighted by Crippen LogP contribution is 2.00. The molecule has 0 aromatic carbocycles. The minimum absolute atomic E-state index is 0.270. The number of hydrogen-bond donors (Lipinski definition) is 4. The van der Waals surface area contributed by atoms with E-state index in [0.29, 0.717) is 6.42 Å². The highest BCUT2D eigenvalue weighted by Gasteiger charge is 2.13. The smallest absolute Gasteiger partial charge is 0.103 e. The van der Waals surface area contributed by atoms with E-state index in [-0.39, 0.29) is 6.42 Å². The zero-order valence-corrected chi connectivity index (χ0v) is 6.09. The fraction of sp³-hybridized carbons (Fsp3) is 0.833. The number of nitrogens with zero attached hydrogens (tertiary/aromatic N) is 1. The van der Waals surface area contributed by atoms with Crippen LogP contribution in [0, 0.1) is 0 Å². The molecule has 0 radical (unpaired) electrons. The van der Waals surface area contributed by atoms with Crippen LogP contribution in [0.5, 0.6) is 0 Å². The van der Waals surface area contributed by atoms with Crippen LogP contribution in [0.2, 0.25) is 0 Å². The van der Waals surface area contributed by atoms with E-state index in [0.717, 1.165) is 0 Å². The van der Waals surface area contributed by atoms with Crippen molar-refractivity contribution in [2.45, 2.75) is 25.0 Å². The fourth-order valence-electron chi connectivity index (χ4n) is 0.617. The molecular formula is C6H13NO4. The van der Waals surface area contributed by atoms with E-state index in [1.165, 1.54) is 6.21 Å². The van der Waals surface area contributed by atoms with Crippen LogP contribution >= 0.6 is 0 Å². The summed E-state index contributed by atoms with van der Waals surface area (Å²) in [5, 5.41) is 36.8. The van der Waals surface area contributed by atoms with Gasteiger partial charge in [0, 0.05) is 6.21 Å². The molecule has 0 bridgehead atoms. The van der Waals surface area contributed by atoms with E-state index in [4.69, 9.17) is 20.5 Å². The molecule has 0 aromatic heterocycles. The third kappa shape index (κ3) is 4.72. The molecule has 0 aliphatic rings. The fourth-order valence-corrected chi connectivity index (χ4v) is 0.617. The molecule has 66 valence electrons. The van der Waals surface area contributed by atoms with Crippen molar-refractivity contribution in [2.75, 3.05) is 6.61 Å². The second kappa shape index (κ2) is 6.09. The van der Waals surface area contributed by atoms with Crippen molar-refractivity contribution in [3.63, 3.8) is 0 Å². The molecule has 0 fully saturated rings. The standard InChI is InChI=1S/C6H13NO4/c8-4-6(10)5(9)2-1-3-7-11/h3,5-6,8-11H,1-2,4H2/b7-3+. The lowest BCUT2D eigenvalue weighted by Gasteiger charge is -2.13. The summed E-state index contributed by atoms with van der Waals surface area (Å²) in [7, 11) is 0. The molecule has 2 unspecified atom stereocenters. The van der Waals surface area contributed by atoms with Gasteiger partial charge in [-0.2, -0.15) is 0 Å². The second-order valence-electron chi connectivity index (χ2n) is 2.19. The Bertz CT molecular complexity index is 117. The zero-order valence-electron chi connectivity index (χ0n) is 6.09. The molecule has 5 heteroatoms. The summed E-state index contributed by atoms with van der Waals surface area (Å²) < 4.78 is 0. The van der Waals surface area contributed by atoms with E-state index >= 15 is 0 Å². The van der Waals surface area contributed by atoms with Gasteiger partial charge < -0.3 is 20.5 Å². The normalized spacial score (nSPS) is 17.0. The van der Waals surface area contributed by atoms with Crippen molar-refractivity contribution < 1.29 is 20.5 Å². The molecule has 0 aliphatic heterocycles. The molecule has 5 nitrogen and oxygen atoms in total. The van der Waals surface area contributed by atoms with Gasteiger partial charge in [0.05, 0.1) is 12.7 Å². The first-order valence-corrected chi connectivity index (χ1v) is 3.35. The lowest BCUT2D eigenvalue weighted by atomic mass is 10.1. The maximum absolute atomic E-state index is 8.99. The van der Waals surface area contributed by atoms with Crippen molar-refractivity contribution in [1.82, 2.24) is 0 Å². The van der Waals surface area contributed by atoms with Crippen LogP contribution in [0.25, 0.3) is 0 Å². The highest BCUT2D eigenvalue weighted by molar-refractivity contribution is 5.55. The zero-order chi connectivity index (χ0) is 8.69. The molecule has 0 spiro atoms. The molecule has 0 aliphatic carbocycles. The largest absolute Gasteiger partial charge is 0.411 e. The number of hydrogen-bond acceptors (Lipinski definition) is 5. The Kier molecular flexibility index (Phi) is 5.73. The van der Waals surface area contributed by atoms with Gasteiger partial charge in [0.25, 0.3) is 0 Å². The monoisotopic (exact) mass is 163 g/mol. The predicted octanol–water partition coefficient (Wildman–Crippen LogP) is -1.06. The minimum atomic E-state index is -1.11. The van der Waals surface area contributed by atoms with Gasteiger partial charge in [0.2, 0.25) is 0 Å². The van der Waals surface area contributed by atoms with Gasteiger partial charge in [-0.25, -0.2) is 0 Å². The Morgan fingerprint density at radius 2 is 1.91 bits per heavy atom. The molecule has 0 aromatic rings. The Labute approximate surface area is 64.6 Å². The minimum Gasteiger partial charge on any atom is -0.411 e. The average Bonchev–Trinajstić information content (AvgIpc) is 2.03.